The van der Waals surface area contributed by atoms with E-state index in [1.165, 1.54) is 5.56 Å². The first-order chi connectivity index (χ1) is 14.3. The minimum Gasteiger partial charge on any atom is -0.325 e. The van der Waals surface area contributed by atoms with E-state index in [0.717, 1.165) is 56.6 Å². The number of carbonyl (C=O) groups excluding carboxylic acids is 1. The Labute approximate surface area is 170 Å². The van der Waals surface area contributed by atoms with E-state index in [4.69, 9.17) is 0 Å². The number of hydrogen-bond acceptors (Lipinski definition) is 5. The van der Waals surface area contributed by atoms with Crippen LogP contribution in [0.25, 0.3) is 5.69 Å². The minimum atomic E-state index is -0.0567. The number of nitrogens with zero attached hydrogens (tertiary/aromatic N) is 5. The van der Waals surface area contributed by atoms with Crippen molar-refractivity contribution in [1.29, 1.82) is 0 Å². The van der Waals surface area contributed by atoms with E-state index in [1.54, 1.807) is 11.0 Å². The molecule has 1 amide bonds. The standard InChI is InChI=1S/C22H26N6O/c29-22(24-19-11-13-20(14-12-19)28-17-23-25-26-28)21-10-4-5-15-27(21)16-6-9-18-7-2-1-3-8-18/h1-3,7-8,11-14,17,21H,4-6,9-10,15-16H2,(H,24,29). The Balaban J connectivity index is 1.33. The van der Waals surface area contributed by atoms with Crippen LogP contribution in [0.1, 0.15) is 31.2 Å². The summed E-state index contributed by atoms with van der Waals surface area (Å²) in [6, 6.07) is 18.0. The molecule has 29 heavy (non-hydrogen) atoms. The predicted molar refractivity (Wildman–Crippen MR) is 112 cm³/mol. The molecule has 0 spiro atoms. The van der Waals surface area contributed by atoms with Crippen LogP contribution in [0.3, 0.4) is 0 Å². The van der Waals surface area contributed by atoms with Crippen molar-refractivity contribution < 1.29 is 4.79 Å². The number of carbonyl (C=O) groups is 1. The Hall–Kier alpha value is -3.06. The Morgan fingerprint density at radius 2 is 1.90 bits per heavy atom. The third-order valence-electron chi connectivity index (χ3n) is 5.42. The lowest BCUT2D eigenvalue weighted by Crippen LogP contribution is -2.47. The number of rotatable bonds is 7. The van der Waals surface area contributed by atoms with E-state index in [9.17, 15) is 4.79 Å². The zero-order valence-corrected chi connectivity index (χ0v) is 16.4. The molecule has 1 saturated heterocycles. The molecule has 0 saturated carbocycles. The second-order valence-electron chi connectivity index (χ2n) is 7.43. The normalized spacial score (nSPS) is 17.2. The van der Waals surface area contributed by atoms with Crippen molar-refractivity contribution in [2.24, 2.45) is 0 Å². The first-order valence-corrected chi connectivity index (χ1v) is 10.2. The van der Waals surface area contributed by atoms with Gasteiger partial charge < -0.3 is 5.32 Å². The number of piperidine rings is 1. The SMILES string of the molecule is O=C(Nc1ccc(-n2cnnn2)cc1)C1CCCCN1CCCc1ccccc1. The minimum absolute atomic E-state index is 0.0567. The van der Waals surface area contributed by atoms with Gasteiger partial charge in [0, 0.05) is 5.69 Å². The second kappa shape index (κ2) is 9.43. The van der Waals surface area contributed by atoms with Gasteiger partial charge in [-0.1, -0.05) is 36.8 Å². The highest BCUT2D eigenvalue weighted by atomic mass is 16.2. The number of amides is 1. The van der Waals surface area contributed by atoms with Crippen LogP contribution in [-0.4, -0.2) is 50.1 Å². The molecule has 1 aliphatic heterocycles. The van der Waals surface area contributed by atoms with Crippen LogP contribution in [0.2, 0.25) is 0 Å². The monoisotopic (exact) mass is 390 g/mol. The van der Waals surface area contributed by atoms with Crippen molar-refractivity contribution in [3.63, 3.8) is 0 Å². The predicted octanol–water partition coefficient (Wildman–Crippen LogP) is 3.09. The molecule has 1 atom stereocenters. The molecule has 3 aromatic rings. The van der Waals surface area contributed by atoms with Gasteiger partial charge in [-0.2, -0.15) is 0 Å². The molecule has 0 radical (unpaired) electrons. The lowest BCUT2D eigenvalue weighted by Gasteiger charge is -2.34. The van der Waals surface area contributed by atoms with Crippen LogP contribution in [0.15, 0.2) is 60.9 Å². The fraction of sp³-hybridized carbons (Fsp3) is 0.364. The molecule has 7 nitrogen and oxygen atoms in total. The van der Waals surface area contributed by atoms with E-state index in [0.29, 0.717) is 0 Å². The lowest BCUT2D eigenvalue weighted by atomic mass is 10.00. The van der Waals surface area contributed by atoms with Gasteiger partial charge in [0.15, 0.2) is 0 Å². The van der Waals surface area contributed by atoms with Crippen molar-refractivity contribution in [2.45, 2.75) is 38.1 Å². The molecule has 1 aliphatic rings. The summed E-state index contributed by atoms with van der Waals surface area (Å²) >= 11 is 0. The van der Waals surface area contributed by atoms with Crippen molar-refractivity contribution >= 4 is 11.6 Å². The van der Waals surface area contributed by atoms with Gasteiger partial charge in [0.05, 0.1) is 11.7 Å². The first kappa shape index (κ1) is 19.3. The van der Waals surface area contributed by atoms with Crippen molar-refractivity contribution in [1.82, 2.24) is 25.1 Å². The molecular weight excluding hydrogens is 364 g/mol. The maximum Gasteiger partial charge on any atom is 0.241 e. The van der Waals surface area contributed by atoms with Gasteiger partial charge in [-0.25, -0.2) is 4.68 Å². The highest BCUT2D eigenvalue weighted by molar-refractivity contribution is 5.94. The zero-order valence-electron chi connectivity index (χ0n) is 16.4. The lowest BCUT2D eigenvalue weighted by molar-refractivity contribution is -0.122. The molecule has 1 unspecified atom stereocenters. The summed E-state index contributed by atoms with van der Waals surface area (Å²) in [6.45, 7) is 1.94. The van der Waals surface area contributed by atoms with Gasteiger partial charge >= 0.3 is 0 Å². The summed E-state index contributed by atoms with van der Waals surface area (Å²) in [7, 11) is 0. The van der Waals surface area contributed by atoms with E-state index in [2.05, 4.69) is 50.0 Å². The first-order valence-electron chi connectivity index (χ1n) is 10.2. The number of aromatic nitrogens is 4. The molecule has 1 fully saturated rings. The van der Waals surface area contributed by atoms with Crippen molar-refractivity contribution in [3.05, 3.63) is 66.5 Å². The summed E-state index contributed by atoms with van der Waals surface area (Å²) < 4.78 is 1.58. The average molecular weight is 390 g/mol. The molecule has 2 heterocycles. The number of nitrogens with one attached hydrogen (secondary N) is 1. The summed E-state index contributed by atoms with van der Waals surface area (Å²) in [5.74, 6) is 0.0829. The van der Waals surface area contributed by atoms with Crippen LogP contribution < -0.4 is 5.32 Å². The smallest absolute Gasteiger partial charge is 0.241 e. The molecule has 2 aromatic carbocycles. The third-order valence-corrected chi connectivity index (χ3v) is 5.42. The largest absolute Gasteiger partial charge is 0.325 e. The molecule has 7 heteroatoms. The van der Waals surface area contributed by atoms with E-state index in [1.807, 2.05) is 30.3 Å². The second-order valence-corrected chi connectivity index (χ2v) is 7.43. The topological polar surface area (TPSA) is 75.9 Å². The van der Waals surface area contributed by atoms with Gasteiger partial charge in [0.2, 0.25) is 5.91 Å². The van der Waals surface area contributed by atoms with E-state index < -0.39 is 0 Å². The molecule has 150 valence electrons. The Morgan fingerprint density at radius 3 is 2.66 bits per heavy atom. The van der Waals surface area contributed by atoms with Gasteiger partial charge in [0.1, 0.15) is 6.33 Å². The summed E-state index contributed by atoms with van der Waals surface area (Å²) in [5.41, 5.74) is 3.00. The maximum atomic E-state index is 12.9. The molecule has 4 rings (SSSR count). The molecule has 1 N–H and O–H groups in total. The summed E-state index contributed by atoms with van der Waals surface area (Å²) in [4.78, 5) is 15.3. The number of hydrogen-bond donors (Lipinski definition) is 1. The van der Waals surface area contributed by atoms with Crippen molar-refractivity contribution in [2.75, 3.05) is 18.4 Å². The molecule has 0 bridgehead atoms. The highest BCUT2D eigenvalue weighted by Gasteiger charge is 2.28. The van der Waals surface area contributed by atoms with Crippen LogP contribution in [-0.2, 0) is 11.2 Å². The maximum absolute atomic E-state index is 12.9. The fourth-order valence-corrected chi connectivity index (χ4v) is 3.89. The number of aryl methyl sites for hydroxylation is 1. The molecular formula is C22H26N6O. The molecule has 0 aliphatic carbocycles. The van der Waals surface area contributed by atoms with Crippen LogP contribution in [0.5, 0.6) is 0 Å². The van der Waals surface area contributed by atoms with E-state index in [-0.39, 0.29) is 11.9 Å². The van der Waals surface area contributed by atoms with Gasteiger partial charge in [-0.05, 0) is 79.0 Å². The number of anilines is 1. The van der Waals surface area contributed by atoms with Gasteiger partial charge in [0.25, 0.3) is 0 Å². The third kappa shape index (κ3) is 5.06. The van der Waals surface area contributed by atoms with Crippen LogP contribution in [0.4, 0.5) is 5.69 Å². The highest BCUT2D eigenvalue weighted by Crippen LogP contribution is 2.20. The van der Waals surface area contributed by atoms with Gasteiger partial charge in [-0.15, -0.1) is 5.10 Å². The number of benzene rings is 2. The average Bonchev–Trinajstić information content (AvgIpc) is 3.30. The number of tetrazole rings is 1. The fourth-order valence-electron chi connectivity index (χ4n) is 3.89. The van der Waals surface area contributed by atoms with E-state index >= 15 is 0 Å². The summed E-state index contributed by atoms with van der Waals surface area (Å²) in [5, 5.41) is 14.2. The molecule has 1 aromatic heterocycles. The Bertz CT molecular complexity index is 895. The van der Waals surface area contributed by atoms with Crippen LogP contribution >= 0.6 is 0 Å². The quantitative estimate of drug-likeness (QED) is 0.671. The number of likely N-dealkylation sites (tertiary alicyclic amines) is 1. The Kier molecular flexibility index (Phi) is 6.26. The Morgan fingerprint density at radius 1 is 1.07 bits per heavy atom. The van der Waals surface area contributed by atoms with Crippen molar-refractivity contribution in [3.8, 4) is 5.69 Å². The summed E-state index contributed by atoms with van der Waals surface area (Å²) in [6.07, 6.45) is 6.84. The van der Waals surface area contributed by atoms with Gasteiger partial charge in [-0.3, -0.25) is 9.69 Å². The van der Waals surface area contributed by atoms with Crippen LogP contribution in [0, 0.1) is 0 Å². The zero-order chi connectivity index (χ0) is 19.9.